The Morgan fingerprint density at radius 3 is 2.39 bits per heavy atom. The van der Waals surface area contributed by atoms with Gasteiger partial charge in [0, 0.05) is 26.0 Å². The Hall–Kier alpha value is -2.49. The van der Waals surface area contributed by atoms with E-state index in [0.29, 0.717) is 36.0 Å². The van der Waals surface area contributed by atoms with Crippen molar-refractivity contribution in [3.63, 3.8) is 0 Å². The first-order valence-electron chi connectivity index (χ1n) is 16.2. The molecule has 1 aromatic carbocycles. The van der Waals surface area contributed by atoms with Gasteiger partial charge in [-0.15, -0.1) is 4.72 Å². The maximum absolute atomic E-state index is 14.6. The van der Waals surface area contributed by atoms with Gasteiger partial charge in [0.2, 0.25) is 0 Å². The van der Waals surface area contributed by atoms with Gasteiger partial charge in [0.05, 0.1) is 48.3 Å². The van der Waals surface area contributed by atoms with E-state index in [2.05, 4.69) is 35.7 Å². The van der Waals surface area contributed by atoms with Crippen LogP contribution in [0.1, 0.15) is 70.9 Å². The largest absolute Gasteiger partial charge is 0.598 e. The Bertz CT molecular complexity index is 1550. The fourth-order valence-corrected chi connectivity index (χ4v) is 6.92. The number of benzene rings is 1. The number of halogens is 5. The quantitative estimate of drug-likeness (QED) is 0.0946. The average molecular weight is 735 g/mol. The number of hydrogen-bond acceptors (Lipinski definition) is 7. The van der Waals surface area contributed by atoms with Crippen LogP contribution in [0.25, 0.3) is 11.0 Å². The number of nitrogens with one attached hydrogen (secondary N) is 2. The molecule has 17 heteroatoms. The first-order valence-corrected chi connectivity index (χ1v) is 21.1. The van der Waals surface area contributed by atoms with Gasteiger partial charge in [-0.2, -0.15) is 18.4 Å². The minimum atomic E-state index is -4.69. The fourth-order valence-electron chi connectivity index (χ4n) is 5.38. The molecular weight excluding hydrogens is 688 g/mol. The second-order valence-electron chi connectivity index (χ2n) is 15.7. The minimum absolute atomic E-state index is 0.0842. The van der Waals surface area contributed by atoms with Crippen molar-refractivity contribution in [1.29, 1.82) is 5.26 Å². The number of rotatable bonds is 14. The molecule has 2 amide bonds. The molecule has 2 heterocycles. The molecule has 1 aliphatic heterocycles. The highest BCUT2D eigenvalue weighted by Gasteiger charge is 2.57. The van der Waals surface area contributed by atoms with Gasteiger partial charge in [-0.25, -0.2) is 18.6 Å². The van der Waals surface area contributed by atoms with Crippen molar-refractivity contribution >= 4 is 36.5 Å². The number of aromatic nitrogens is 2. The zero-order valence-corrected chi connectivity index (χ0v) is 31.1. The molecule has 0 radical (unpaired) electrons. The number of nitriles is 1. The van der Waals surface area contributed by atoms with E-state index in [9.17, 15) is 36.6 Å². The number of fused-ring (bicyclic) bond motifs is 1. The lowest BCUT2D eigenvalue weighted by Crippen LogP contribution is -2.58. The first-order chi connectivity index (χ1) is 22.4. The van der Waals surface area contributed by atoms with Crippen LogP contribution in [0.3, 0.4) is 0 Å². The minimum Gasteiger partial charge on any atom is -0.598 e. The molecule has 0 spiro atoms. The molecule has 3 atom stereocenters. The van der Waals surface area contributed by atoms with Gasteiger partial charge in [-0.3, -0.25) is 0 Å². The molecule has 2 aromatic rings. The van der Waals surface area contributed by atoms with Gasteiger partial charge >= 0.3 is 12.2 Å². The van der Waals surface area contributed by atoms with Crippen molar-refractivity contribution in [3.8, 4) is 6.07 Å². The van der Waals surface area contributed by atoms with E-state index >= 15 is 0 Å². The van der Waals surface area contributed by atoms with Crippen LogP contribution >= 0.6 is 0 Å². The summed E-state index contributed by atoms with van der Waals surface area (Å²) in [5.74, 6) is -3.02. The number of carbonyl (C=O) groups excluding carboxylic acids is 1. The molecule has 49 heavy (non-hydrogen) atoms. The monoisotopic (exact) mass is 734 g/mol. The first kappa shape index (κ1) is 39.3. The zero-order chi connectivity index (χ0) is 36.8. The van der Waals surface area contributed by atoms with E-state index in [0.717, 1.165) is 24.8 Å². The average Bonchev–Trinajstić information content (AvgIpc) is 3.67. The number of amides is 2. The van der Waals surface area contributed by atoms with Gasteiger partial charge < -0.3 is 28.8 Å². The Balaban J connectivity index is 1.84. The van der Waals surface area contributed by atoms with E-state index in [1.165, 1.54) is 0 Å². The Morgan fingerprint density at radius 1 is 1.18 bits per heavy atom. The van der Waals surface area contributed by atoms with E-state index in [1.54, 1.807) is 43.5 Å². The van der Waals surface area contributed by atoms with Gasteiger partial charge in [0.15, 0.2) is 5.60 Å². The molecule has 1 saturated carbocycles. The van der Waals surface area contributed by atoms with Crippen LogP contribution in [-0.2, 0) is 27.6 Å². The summed E-state index contributed by atoms with van der Waals surface area (Å²) < 4.78 is 99.3. The SMILES string of the molecule is CC(C)(C)[S+]([O-])N[C@@H](COC(C)(C)C(F)(F)F)c1nc2ccc([C@H](N3CC(F)(F)CNC3=O)C3(C#N)CC3)cc2n1COCC[Si](C)(C)C. The van der Waals surface area contributed by atoms with Gasteiger partial charge in [0.25, 0.3) is 5.92 Å². The molecule has 1 aromatic heterocycles. The van der Waals surface area contributed by atoms with Crippen molar-refractivity contribution in [2.75, 3.05) is 26.3 Å². The predicted molar refractivity (Wildman–Crippen MR) is 179 cm³/mol. The van der Waals surface area contributed by atoms with Crippen LogP contribution in [0.4, 0.5) is 26.7 Å². The lowest BCUT2D eigenvalue weighted by molar-refractivity contribution is -0.265. The van der Waals surface area contributed by atoms with Crippen molar-refractivity contribution in [3.05, 3.63) is 29.6 Å². The molecule has 2 fully saturated rings. The maximum atomic E-state index is 14.6. The Morgan fingerprint density at radius 2 is 1.84 bits per heavy atom. The Kier molecular flexibility index (Phi) is 11.2. The molecule has 10 nitrogen and oxygen atoms in total. The molecule has 2 N–H and O–H groups in total. The molecule has 0 bridgehead atoms. The highest BCUT2D eigenvalue weighted by molar-refractivity contribution is 7.90. The number of urea groups is 1. The van der Waals surface area contributed by atoms with Crippen molar-refractivity contribution < 1.29 is 40.8 Å². The molecule has 1 unspecified atom stereocenters. The summed E-state index contributed by atoms with van der Waals surface area (Å²) in [6, 6.07) is 5.16. The summed E-state index contributed by atoms with van der Waals surface area (Å²) in [5, 5.41) is 12.4. The standard InChI is InChI=1S/C32H47F5N6O4SSi/c1-28(2,3)48(45)41-23(16-47-29(4,5)32(35,36)37)26-40-22-10-9-21(15-24(22)43(26)20-46-13-14-49(6,7)8)25(30(17-38)11-12-30)42-19-31(33,34)18-39-27(42)44/h9-10,15,23,25,41H,11-14,16,18-20H2,1-8H3,(H,39,44)/t23-,25-,48?/m0/s1. The summed E-state index contributed by atoms with van der Waals surface area (Å²) >= 11 is -1.76. The third kappa shape index (κ3) is 9.25. The number of ether oxygens (including phenoxy) is 2. The highest BCUT2D eigenvalue weighted by atomic mass is 32.2. The summed E-state index contributed by atoms with van der Waals surface area (Å²) in [7, 11) is -1.51. The summed E-state index contributed by atoms with van der Waals surface area (Å²) in [6.07, 6.45) is -3.88. The predicted octanol–water partition coefficient (Wildman–Crippen LogP) is 6.80. The smallest absolute Gasteiger partial charge is 0.416 e. The number of carbonyl (C=O) groups is 1. The van der Waals surface area contributed by atoms with Crippen molar-refractivity contribution in [2.24, 2.45) is 5.41 Å². The van der Waals surface area contributed by atoms with Crippen LogP contribution in [-0.4, -0.2) is 81.9 Å². The van der Waals surface area contributed by atoms with Crippen LogP contribution in [0.5, 0.6) is 0 Å². The second kappa shape index (κ2) is 13.9. The van der Waals surface area contributed by atoms with Crippen LogP contribution in [0.15, 0.2) is 18.2 Å². The van der Waals surface area contributed by atoms with Crippen LogP contribution in [0, 0.1) is 16.7 Å². The summed E-state index contributed by atoms with van der Waals surface area (Å²) in [5.41, 5.74) is -2.36. The molecular formula is C32H47F5N6O4SSi. The molecule has 4 rings (SSSR count). The van der Waals surface area contributed by atoms with Crippen molar-refractivity contribution in [2.45, 2.75) is 114 Å². The van der Waals surface area contributed by atoms with Crippen molar-refractivity contribution in [1.82, 2.24) is 24.5 Å². The Labute approximate surface area is 288 Å². The summed E-state index contributed by atoms with van der Waals surface area (Å²) in [6.45, 7) is 11.6. The third-order valence-corrected chi connectivity index (χ3v) is 12.1. The number of imidazole rings is 1. The van der Waals surface area contributed by atoms with E-state index in [1.807, 2.05) is 0 Å². The van der Waals surface area contributed by atoms with Crippen LogP contribution in [0.2, 0.25) is 25.7 Å². The van der Waals surface area contributed by atoms with E-state index in [-0.39, 0.29) is 12.6 Å². The van der Waals surface area contributed by atoms with Gasteiger partial charge in [-0.1, -0.05) is 25.7 Å². The molecule has 2 aliphatic rings. The van der Waals surface area contributed by atoms with Gasteiger partial charge in [-0.05, 0) is 71.2 Å². The van der Waals surface area contributed by atoms with Crippen LogP contribution < -0.4 is 10.0 Å². The lowest BCUT2D eigenvalue weighted by atomic mass is 9.89. The number of alkyl halides is 5. The molecule has 1 saturated heterocycles. The topological polar surface area (TPSA) is 127 Å². The zero-order valence-electron chi connectivity index (χ0n) is 29.3. The molecule has 274 valence electrons. The second-order valence-corrected chi connectivity index (χ2v) is 23.3. The van der Waals surface area contributed by atoms with E-state index in [4.69, 9.17) is 14.5 Å². The number of hydrogen-bond donors (Lipinski definition) is 2. The summed E-state index contributed by atoms with van der Waals surface area (Å²) in [4.78, 5) is 18.7. The normalized spacial score (nSPS) is 20.1. The fraction of sp³-hybridized carbons (Fsp3) is 0.719. The lowest BCUT2D eigenvalue weighted by Gasteiger charge is -2.40. The number of nitrogens with zero attached hydrogens (tertiary/aromatic N) is 4. The maximum Gasteiger partial charge on any atom is 0.416 e. The highest BCUT2D eigenvalue weighted by Crippen LogP contribution is 2.57. The third-order valence-electron chi connectivity index (χ3n) is 8.75. The molecule has 1 aliphatic carbocycles. The van der Waals surface area contributed by atoms with E-state index < -0.39 is 85.1 Å². The van der Waals surface area contributed by atoms with Gasteiger partial charge in [0.1, 0.15) is 23.3 Å².